The molecule has 1 aliphatic carbocycles. The topological polar surface area (TPSA) is 51.2 Å². The zero-order valence-corrected chi connectivity index (χ0v) is 11.2. The van der Waals surface area contributed by atoms with Gasteiger partial charge in [0.05, 0.1) is 24.1 Å². The van der Waals surface area contributed by atoms with Crippen LogP contribution in [0, 0.1) is 6.92 Å². The molecule has 2 aromatic rings. The second-order valence-electron chi connectivity index (χ2n) is 5.44. The maximum absolute atomic E-state index is 10.2. The predicted octanol–water partition coefficient (Wildman–Crippen LogP) is 3.18. The van der Waals surface area contributed by atoms with E-state index in [-0.39, 0.29) is 0 Å². The largest absolute Gasteiger partial charge is 0.469 e. The number of furan rings is 1. The van der Waals surface area contributed by atoms with Crippen molar-refractivity contribution in [1.29, 1.82) is 0 Å². The van der Waals surface area contributed by atoms with Crippen LogP contribution in [0.15, 0.2) is 29.0 Å². The molecule has 0 radical (unpaired) electrons. The van der Waals surface area contributed by atoms with Gasteiger partial charge in [-0.05, 0) is 31.9 Å². The first-order valence-corrected chi connectivity index (χ1v) is 6.99. The molecule has 1 N–H and O–H groups in total. The number of rotatable bonds is 4. The van der Waals surface area contributed by atoms with E-state index in [4.69, 9.17) is 4.42 Å². The molecule has 1 atom stereocenters. The van der Waals surface area contributed by atoms with Crippen LogP contribution < -0.4 is 0 Å². The summed E-state index contributed by atoms with van der Waals surface area (Å²) >= 11 is 0. The molecule has 0 aromatic carbocycles. The lowest BCUT2D eigenvalue weighted by Gasteiger charge is -2.09. The lowest BCUT2D eigenvalue weighted by molar-refractivity contribution is 0.176. The van der Waals surface area contributed by atoms with Gasteiger partial charge in [-0.25, -0.2) is 0 Å². The van der Waals surface area contributed by atoms with Gasteiger partial charge in [0.2, 0.25) is 0 Å². The summed E-state index contributed by atoms with van der Waals surface area (Å²) in [6.07, 6.45) is 8.72. The smallest absolute Gasteiger partial charge is 0.101 e. The van der Waals surface area contributed by atoms with Crippen molar-refractivity contribution in [2.75, 3.05) is 0 Å². The number of nitrogens with zero attached hydrogens (tertiary/aromatic N) is 2. The molecule has 0 amide bonds. The third-order valence-electron chi connectivity index (χ3n) is 3.90. The number of hydrogen-bond acceptors (Lipinski definition) is 3. The van der Waals surface area contributed by atoms with Crippen LogP contribution in [-0.2, 0) is 6.42 Å². The summed E-state index contributed by atoms with van der Waals surface area (Å²) in [5, 5.41) is 14.7. The molecule has 3 rings (SSSR count). The molecule has 2 heterocycles. The highest BCUT2D eigenvalue weighted by Crippen LogP contribution is 2.29. The van der Waals surface area contributed by atoms with Gasteiger partial charge in [-0.1, -0.05) is 12.8 Å². The highest BCUT2D eigenvalue weighted by molar-refractivity contribution is 5.17. The van der Waals surface area contributed by atoms with Crippen molar-refractivity contribution in [3.63, 3.8) is 0 Å². The molecule has 19 heavy (non-hydrogen) atoms. The Morgan fingerprint density at radius 1 is 1.47 bits per heavy atom. The van der Waals surface area contributed by atoms with E-state index in [0.717, 1.165) is 17.0 Å². The van der Waals surface area contributed by atoms with Gasteiger partial charge in [-0.2, -0.15) is 5.10 Å². The Labute approximate surface area is 113 Å². The second kappa shape index (κ2) is 5.21. The van der Waals surface area contributed by atoms with E-state index in [1.165, 1.54) is 25.7 Å². The average Bonchev–Trinajstić information content (AvgIpc) is 3.07. The minimum atomic E-state index is -0.538. The minimum Gasteiger partial charge on any atom is -0.469 e. The molecule has 0 saturated heterocycles. The Morgan fingerprint density at radius 2 is 2.26 bits per heavy atom. The van der Waals surface area contributed by atoms with Gasteiger partial charge in [0.15, 0.2) is 0 Å². The molecule has 1 aliphatic rings. The van der Waals surface area contributed by atoms with Crippen molar-refractivity contribution >= 4 is 0 Å². The summed E-state index contributed by atoms with van der Waals surface area (Å²) in [4.78, 5) is 0. The van der Waals surface area contributed by atoms with Crippen LogP contribution in [-0.4, -0.2) is 14.9 Å². The molecular weight excluding hydrogens is 240 g/mol. The number of hydrogen-bond donors (Lipinski definition) is 1. The van der Waals surface area contributed by atoms with Crippen molar-refractivity contribution in [1.82, 2.24) is 9.78 Å². The van der Waals surface area contributed by atoms with Gasteiger partial charge in [-0.15, -0.1) is 0 Å². The van der Waals surface area contributed by atoms with E-state index >= 15 is 0 Å². The van der Waals surface area contributed by atoms with Gasteiger partial charge < -0.3 is 9.52 Å². The second-order valence-corrected chi connectivity index (χ2v) is 5.44. The Kier molecular flexibility index (Phi) is 3.42. The van der Waals surface area contributed by atoms with Crippen molar-refractivity contribution in [3.05, 3.63) is 41.6 Å². The van der Waals surface area contributed by atoms with Crippen LogP contribution in [0.2, 0.25) is 0 Å². The number of aliphatic hydroxyl groups excluding tert-OH is 1. The fourth-order valence-electron chi connectivity index (χ4n) is 2.81. The predicted molar refractivity (Wildman–Crippen MR) is 71.8 cm³/mol. The Balaban J connectivity index is 1.66. The molecule has 1 fully saturated rings. The van der Waals surface area contributed by atoms with E-state index in [2.05, 4.69) is 9.78 Å². The number of aromatic nitrogens is 2. The first-order valence-electron chi connectivity index (χ1n) is 6.99. The van der Waals surface area contributed by atoms with Gasteiger partial charge in [0.25, 0.3) is 0 Å². The maximum Gasteiger partial charge on any atom is 0.101 e. The lowest BCUT2D eigenvalue weighted by atomic mass is 10.1. The molecule has 4 heteroatoms. The van der Waals surface area contributed by atoms with Crippen molar-refractivity contribution in [2.24, 2.45) is 0 Å². The van der Waals surface area contributed by atoms with Crippen LogP contribution in [0.5, 0.6) is 0 Å². The van der Waals surface area contributed by atoms with Gasteiger partial charge in [0, 0.05) is 18.2 Å². The molecular formula is C15H20N2O2. The minimum absolute atomic E-state index is 0.538. The summed E-state index contributed by atoms with van der Waals surface area (Å²) in [6.45, 7) is 1.88. The molecule has 1 saturated carbocycles. The van der Waals surface area contributed by atoms with Gasteiger partial charge in [0.1, 0.15) is 5.76 Å². The van der Waals surface area contributed by atoms with Crippen LogP contribution in [0.25, 0.3) is 0 Å². The molecule has 1 unspecified atom stereocenters. The third kappa shape index (κ3) is 2.73. The van der Waals surface area contributed by atoms with E-state index in [0.29, 0.717) is 12.5 Å². The normalized spacial score (nSPS) is 18.0. The molecule has 0 aliphatic heterocycles. The fourth-order valence-corrected chi connectivity index (χ4v) is 2.81. The van der Waals surface area contributed by atoms with Gasteiger partial charge >= 0.3 is 0 Å². The first kappa shape index (κ1) is 12.5. The molecule has 4 nitrogen and oxygen atoms in total. The van der Waals surface area contributed by atoms with Gasteiger partial charge in [-0.3, -0.25) is 4.68 Å². The maximum atomic E-state index is 10.2. The first-order chi connectivity index (χ1) is 9.22. The zero-order chi connectivity index (χ0) is 13.2. The summed E-state index contributed by atoms with van der Waals surface area (Å²) in [5.74, 6) is 0.825. The molecule has 2 aromatic heterocycles. The van der Waals surface area contributed by atoms with Crippen molar-refractivity contribution in [2.45, 2.75) is 51.2 Å². The number of aliphatic hydroxyl groups is 1. The molecule has 0 spiro atoms. The molecule has 0 bridgehead atoms. The van der Waals surface area contributed by atoms with Crippen LogP contribution in [0.1, 0.15) is 54.8 Å². The average molecular weight is 260 g/mol. The molecule has 102 valence electrons. The SMILES string of the molecule is Cc1cc(C(O)Cc2ccn(C3CCCC3)n2)co1. The highest BCUT2D eigenvalue weighted by atomic mass is 16.3. The van der Waals surface area contributed by atoms with E-state index in [1.54, 1.807) is 6.26 Å². The summed E-state index contributed by atoms with van der Waals surface area (Å²) in [5.41, 5.74) is 1.77. The summed E-state index contributed by atoms with van der Waals surface area (Å²) in [7, 11) is 0. The zero-order valence-electron chi connectivity index (χ0n) is 11.2. The Hall–Kier alpha value is -1.55. The van der Waals surface area contributed by atoms with Crippen molar-refractivity contribution < 1.29 is 9.52 Å². The van der Waals surface area contributed by atoms with Crippen LogP contribution in [0.4, 0.5) is 0 Å². The Bertz CT molecular complexity index is 538. The summed E-state index contributed by atoms with van der Waals surface area (Å²) < 4.78 is 7.29. The monoisotopic (exact) mass is 260 g/mol. The van der Waals surface area contributed by atoms with Crippen molar-refractivity contribution in [3.8, 4) is 0 Å². The summed E-state index contributed by atoms with van der Waals surface area (Å²) in [6, 6.07) is 4.44. The highest BCUT2D eigenvalue weighted by Gasteiger charge is 2.18. The van der Waals surface area contributed by atoms with E-state index in [9.17, 15) is 5.11 Å². The Morgan fingerprint density at radius 3 is 2.95 bits per heavy atom. The van der Waals surface area contributed by atoms with E-state index < -0.39 is 6.10 Å². The fraction of sp³-hybridized carbons (Fsp3) is 0.533. The quantitative estimate of drug-likeness (QED) is 0.918. The lowest BCUT2D eigenvalue weighted by Crippen LogP contribution is -2.07. The van der Waals surface area contributed by atoms with Crippen LogP contribution >= 0.6 is 0 Å². The number of aryl methyl sites for hydroxylation is 1. The van der Waals surface area contributed by atoms with E-state index in [1.807, 2.05) is 25.3 Å². The standard InChI is InChI=1S/C15H20N2O2/c1-11-8-12(10-19-11)15(18)9-13-6-7-17(16-13)14-4-2-3-5-14/h6-8,10,14-15,18H,2-5,9H2,1H3. The van der Waals surface area contributed by atoms with Crippen LogP contribution in [0.3, 0.4) is 0 Å². The third-order valence-corrected chi connectivity index (χ3v) is 3.90.